The van der Waals surface area contributed by atoms with E-state index in [0.29, 0.717) is 29.5 Å². The molecular weight excluding hydrogens is 552 g/mol. The highest BCUT2D eigenvalue weighted by Gasteiger charge is 2.45. The summed E-state index contributed by atoms with van der Waals surface area (Å²) in [5.74, 6) is 0.491. The molecule has 3 aliphatic rings. The Kier molecular flexibility index (Phi) is 9.46. The van der Waals surface area contributed by atoms with Gasteiger partial charge < -0.3 is 10.6 Å². The van der Waals surface area contributed by atoms with E-state index in [1.54, 1.807) is 12.1 Å². The maximum Gasteiger partial charge on any atom is 0.245 e. The van der Waals surface area contributed by atoms with Crippen LogP contribution in [0.25, 0.3) is 0 Å². The Morgan fingerprint density at radius 3 is 2.20 bits per heavy atom. The van der Waals surface area contributed by atoms with Gasteiger partial charge in [-0.15, -0.1) is 0 Å². The van der Waals surface area contributed by atoms with Gasteiger partial charge in [0.2, 0.25) is 20.0 Å². The minimum absolute atomic E-state index is 0.00526. The molecular formula is C28H44N4O6S2. The molecule has 0 bridgehead atoms. The maximum absolute atomic E-state index is 13.0. The standard InChI is InChI=1S/C28H44N4O6S2/c1-4-5-12-27(18-25(33)10-11-26(27)34)17-23-19-30-28(21-29-23)13-15-31(16-14-28)20-22-6-8-24(9-7-22)32(39(2,35)36)40(3,37)38/h6-9,23,29-30H,4-5,10-21H2,1-3H3/t23?,27-/m0/s1. The number of rotatable bonds is 10. The molecule has 12 heteroatoms. The second-order valence-corrected chi connectivity index (χ2v) is 16.0. The molecule has 40 heavy (non-hydrogen) atoms. The van der Waals surface area contributed by atoms with Gasteiger partial charge >= 0.3 is 0 Å². The summed E-state index contributed by atoms with van der Waals surface area (Å²) in [6.45, 7) is 6.23. The number of anilines is 1. The number of carbonyl (C=O) groups is 2. The number of unbranched alkanes of at least 4 members (excludes halogenated alkanes) is 1. The number of Topliss-reactive ketones (excluding diaryl/α,β-unsaturated/α-hetero) is 2. The number of piperidine rings is 1. The first kappa shape index (κ1) is 31.1. The van der Waals surface area contributed by atoms with Crippen LogP contribution in [0.15, 0.2) is 24.3 Å². The van der Waals surface area contributed by atoms with Crippen LogP contribution >= 0.6 is 0 Å². The highest BCUT2D eigenvalue weighted by Crippen LogP contribution is 2.41. The molecule has 2 aliphatic heterocycles. The molecule has 3 fully saturated rings. The van der Waals surface area contributed by atoms with Crippen LogP contribution in [0.1, 0.15) is 70.3 Å². The molecule has 1 saturated carbocycles. The lowest BCUT2D eigenvalue weighted by Gasteiger charge is -2.48. The molecule has 1 aliphatic carbocycles. The minimum Gasteiger partial charge on any atom is -0.311 e. The number of hydrogen-bond donors (Lipinski definition) is 2. The Hall–Kier alpha value is -1.86. The molecule has 10 nitrogen and oxygen atoms in total. The summed E-state index contributed by atoms with van der Waals surface area (Å²) in [5, 5.41) is 7.52. The second-order valence-electron chi connectivity index (χ2n) is 12.1. The van der Waals surface area contributed by atoms with E-state index in [0.717, 1.165) is 82.8 Å². The van der Waals surface area contributed by atoms with Gasteiger partial charge in [-0.2, -0.15) is 3.71 Å². The average Bonchev–Trinajstić information content (AvgIpc) is 2.88. The fourth-order valence-corrected chi connectivity index (χ4v) is 9.62. The molecule has 1 spiro atoms. The van der Waals surface area contributed by atoms with E-state index in [4.69, 9.17) is 0 Å². The lowest BCUT2D eigenvalue weighted by atomic mass is 9.65. The van der Waals surface area contributed by atoms with Crippen LogP contribution in [-0.4, -0.2) is 83.6 Å². The predicted octanol–water partition coefficient (Wildman–Crippen LogP) is 2.20. The molecule has 2 atom stereocenters. The highest BCUT2D eigenvalue weighted by molar-refractivity contribution is 8.09. The molecule has 1 aromatic carbocycles. The quantitative estimate of drug-likeness (QED) is 0.417. The van der Waals surface area contributed by atoms with Crippen LogP contribution in [0.4, 0.5) is 5.69 Å². The first-order valence-corrected chi connectivity index (χ1v) is 18.0. The van der Waals surface area contributed by atoms with Gasteiger partial charge in [0.25, 0.3) is 0 Å². The summed E-state index contributed by atoms with van der Waals surface area (Å²) in [4.78, 5) is 27.7. The SMILES string of the molecule is CCCC[C@]1(CC2CNC3(CCN(Cc4ccc(N(S(C)(=O)=O)S(C)(=O)=O)cc4)CC3)CN2)CC(=O)CCC1=O. The molecule has 1 unspecified atom stereocenters. The van der Waals surface area contributed by atoms with E-state index in [2.05, 4.69) is 22.5 Å². The molecule has 0 radical (unpaired) electrons. The second kappa shape index (κ2) is 12.2. The smallest absolute Gasteiger partial charge is 0.245 e. The van der Waals surface area contributed by atoms with Crippen LogP contribution in [0.2, 0.25) is 0 Å². The zero-order valence-corrected chi connectivity index (χ0v) is 25.6. The van der Waals surface area contributed by atoms with Crippen molar-refractivity contribution in [3.05, 3.63) is 29.8 Å². The number of nitrogens with one attached hydrogen (secondary N) is 2. The average molecular weight is 597 g/mol. The summed E-state index contributed by atoms with van der Waals surface area (Å²) in [5.41, 5.74) is 0.591. The Morgan fingerprint density at radius 2 is 1.65 bits per heavy atom. The maximum atomic E-state index is 13.0. The predicted molar refractivity (Wildman–Crippen MR) is 156 cm³/mol. The third kappa shape index (κ3) is 7.31. The van der Waals surface area contributed by atoms with Gasteiger partial charge in [-0.05, 0) is 43.4 Å². The van der Waals surface area contributed by atoms with E-state index >= 15 is 0 Å². The van der Waals surface area contributed by atoms with E-state index in [1.165, 1.54) is 12.1 Å². The van der Waals surface area contributed by atoms with E-state index in [1.807, 2.05) is 0 Å². The molecule has 0 amide bonds. The fourth-order valence-electron chi connectivity index (χ4n) is 6.65. The number of carbonyl (C=O) groups excluding carboxylic acids is 2. The topological polar surface area (TPSA) is 133 Å². The molecule has 1 aromatic rings. The normalized spacial score (nSPS) is 26.2. The van der Waals surface area contributed by atoms with Gasteiger partial charge in [0.05, 0.1) is 18.2 Å². The summed E-state index contributed by atoms with van der Waals surface area (Å²) in [6.07, 6.45) is 8.38. The Balaban J connectivity index is 1.30. The molecule has 224 valence electrons. The van der Waals surface area contributed by atoms with Crippen molar-refractivity contribution >= 4 is 37.3 Å². The number of sulfonamides is 2. The lowest BCUT2D eigenvalue weighted by molar-refractivity contribution is -0.140. The van der Waals surface area contributed by atoms with Crippen LogP contribution < -0.4 is 14.3 Å². The number of piperazine rings is 1. The van der Waals surface area contributed by atoms with Crippen LogP contribution in [0.3, 0.4) is 0 Å². The van der Waals surface area contributed by atoms with Crippen molar-refractivity contribution < 1.29 is 26.4 Å². The molecule has 4 rings (SSSR count). The third-order valence-corrected chi connectivity index (χ3v) is 12.1. The fraction of sp³-hybridized carbons (Fsp3) is 0.714. The van der Waals surface area contributed by atoms with Gasteiger partial charge in [-0.25, -0.2) is 16.8 Å². The largest absolute Gasteiger partial charge is 0.311 e. The number of benzene rings is 1. The van der Waals surface area contributed by atoms with Crippen LogP contribution in [-0.2, 0) is 36.2 Å². The Labute approximate surface area is 239 Å². The Bertz CT molecular complexity index is 1250. The first-order valence-electron chi connectivity index (χ1n) is 14.3. The highest BCUT2D eigenvalue weighted by atomic mass is 32.3. The number of nitrogens with zero attached hydrogens (tertiary/aromatic N) is 2. The summed E-state index contributed by atoms with van der Waals surface area (Å²) < 4.78 is 48.6. The van der Waals surface area contributed by atoms with E-state index < -0.39 is 25.5 Å². The van der Waals surface area contributed by atoms with Crippen molar-refractivity contribution in [3.63, 3.8) is 0 Å². The minimum atomic E-state index is -3.97. The van der Waals surface area contributed by atoms with Crippen molar-refractivity contribution in [1.29, 1.82) is 0 Å². The third-order valence-electron chi connectivity index (χ3n) is 8.83. The van der Waals surface area contributed by atoms with E-state index in [-0.39, 0.29) is 28.8 Å². The lowest BCUT2D eigenvalue weighted by Crippen LogP contribution is -2.66. The summed E-state index contributed by atoms with van der Waals surface area (Å²) >= 11 is 0. The molecule has 0 aromatic heterocycles. The monoisotopic (exact) mass is 596 g/mol. The van der Waals surface area contributed by atoms with Gasteiger partial charge in [0, 0.05) is 69.0 Å². The number of likely N-dealkylation sites (tertiary alicyclic amines) is 1. The van der Waals surface area contributed by atoms with Crippen molar-refractivity contribution in [1.82, 2.24) is 15.5 Å². The molecule has 2 saturated heterocycles. The zero-order valence-electron chi connectivity index (χ0n) is 23.9. The molecule has 2 N–H and O–H groups in total. The number of hydrogen-bond acceptors (Lipinski definition) is 9. The van der Waals surface area contributed by atoms with Crippen molar-refractivity contribution in [2.24, 2.45) is 5.41 Å². The number of ketones is 2. The Morgan fingerprint density at radius 1 is 1.00 bits per heavy atom. The van der Waals surface area contributed by atoms with Crippen LogP contribution in [0.5, 0.6) is 0 Å². The van der Waals surface area contributed by atoms with Crippen LogP contribution in [0, 0.1) is 5.41 Å². The van der Waals surface area contributed by atoms with Gasteiger partial charge in [-0.1, -0.05) is 31.9 Å². The van der Waals surface area contributed by atoms with Gasteiger partial charge in [0.1, 0.15) is 11.6 Å². The van der Waals surface area contributed by atoms with Crippen molar-refractivity contribution in [2.45, 2.75) is 82.8 Å². The summed E-state index contributed by atoms with van der Waals surface area (Å²) in [6, 6.07) is 6.80. The van der Waals surface area contributed by atoms with Gasteiger partial charge in [-0.3, -0.25) is 14.5 Å². The first-order chi connectivity index (χ1) is 18.8. The van der Waals surface area contributed by atoms with Gasteiger partial charge in [0.15, 0.2) is 0 Å². The summed E-state index contributed by atoms with van der Waals surface area (Å²) in [7, 11) is -7.93. The molecule has 2 heterocycles. The van der Waals surface area contributed by atoms with Crippen molar-refractivity contribution in [3.8, 4) is 0 Å². The van der Waals surface area contributed by atoms with E-state index in [9.17, 15) is 26.4 Å². The van der Waals surface area contributed by atoms with Crippen molar-refractivity contribution in [2.75, 3.05) is 42.4 Å². The zero-order chi connectivity index (χ0) is 29.2.